The molecule has 6 heteroatoms. The zero-order valence-electron chi connectivity index (χ0n) is 6.25. The first-order chi connectivity index (χ1) is 5.86. The predicted molar refractivity (Wildman–Crippen MR) is 52.6 cm³/mol. The zero-order chi connectivity index (χ0) is 10.1. The van der Waals surface area contributed by atoms with E-state index in [1.54, 1.807) is 6.07 Å². The molecule has 0 aliphatic rings. The van der Waals surface area contributed by atoms with Crippen molar-refractivity contribution in [1.82, 2.24) is 0 Å². The fraction of sp³-hybridized carbons (Fsp3) is 0.143. The van der Waals surface area contributed by atoms with E-state index in [4.69, 9.17) is 0 Å². The lowest BCUT2D eigenvalue weighted by atomic mass is 10.4. The summed E-state index contributed by atoms with van der Waals surface area (Å²) in [6, 6.07) is 6.64. The predicted octanol–water partition coefficient (Wildman–Crippen LogP) is 2.45. The molecule has 0 spiro atoms. The third kappa shape index (κ3) is 2.16. The van der Waals surface area contributed by atoms with E-state index < -0.39 is 13.1 Å². The van der Waals surface area contributed by atoms with Crippen LogP contribution in [-0.4, -0.2) is 11.7 Å². The van der Waals surface area contributed by atoms with Crippen molar-refractivity contribution in [2.75, 3.05) is 0 Å². The molecule has 1 aromatic carbocycles. The van der Waals surface area contributed by atoms with Crippen molar-refractivity contribution >= 4 is 32.4 Å². The van der Waals surface area contributed by atoms with Gasteiger partial charge in [-0.2, -0.15) is 8.78 Å². The molecule has 0 radical (unpaired) electrons. The molecule has 0 amide bonds. The molecule has 0 atom stereocenters. The molecule has 0 aliphatic heterocycles. The van der Waals surface area contributed by atoms with E-state index in [-0.39, 0.29) is 4.90 Å². The number of halogens is 3. The Kier molecular flexibility index (Phi) is 2.91. The Hall–Kier alpha value is -0.240. The van der Waals surface area contributed by atoms with Crippen molar-refractivity contribution in [3.8, 4) is 0 Å². The largest absolute Gasteiger partial charge is 0.398 e. The molecular formula is C7H5F2IO2S. The summed E-state index contributed by atoms with van der Waals surface area (Å²) in [4.78, 5) is -0.366. The lowest BCUT2D eigenvalue weighted by molar-refractivity contribution is 0.215. The standard InChI is InChI=1S/C7H5F2IO2S/c8-7(9,10)13(11,12)6-4-2-1-3-5-6/h1-5H. The Bertz CT molecular complexity index is 383. The molecule has 0 aliphatic carbocycles. The maximum Gasteiger partial charge on any atom is 0.398 e. The smallest absolute Gasteiger partial charge is 0.216 e. The van der Waals surface area contributed by atoms with Gasteiger partial charge in [0.2, 0.25) is 0 Å². The minimum absolute atomic E-state index is 0.366. The molecule has 72 valence electrons. The molecule has 0 bridgehead atoms. The molecule has 0 fully saturated rings. The summed E-state index contributed by atoms with van der Waals surface area (Å²) in [6.45, 7) is 0. The number of sulfone groups is 1. The van der Waals surface area contributed by atoms with Gasteiger partial charge in [0, 0.05) is 22.6 Å². The number of rotatable bonds is 2. The summed E-state index contributed by atoms with van der Waals surface area (Å²) in [5.74, 6) is 0. The van der Waals surface area contributed by atoms with E-state index in [1.807, 2.05) is 0 Å². The Morgan fingerprint density at radius 2 is 1.62 bits per heavy atom. The van der Waals surface area contributed by atoms with Gasteiger partial charge in [-0.25, -0.2) is 8.42 Å². The summed E-state index contributed by atoms with van der Waals surface area (Å²) < 4.78 is 43.6. The Balaban J connectivity index is 3.26. The lowest BCUT2D eigenvalue weighted by Gasteiger charge is -2.09. The van der Waals surface area contributed by atoms with E-state index >= 15 is 0 Å². The first-order valence-electron chi connectivity index (χ1n) is 3.22. The van der Waals surface area contributed by atoms with Gasteiger partial charge >= 0.3 is 3.26 Å². The van der Waals surface area contributed by atoms with E-state index in [9.17, 15) is 17.2 Å². The Morgan fingerprint density at radius 1 is 1.15 bits per heavy atom. The molecule has 0 N–H and O–H groups in total. The van der Waals surface area contributed by atoms with Crippen molar-refractivity contribution in [2.45, 2.75) is 8.16 Å². The van der Waals surface area contributed by atoms with E-state index in [0.29, 0.717) is 22.6 Å². The summed E-state index contributed by atoms with van der Waals surface area (Å²) in [7, 11) is -4.52. The summed E-state index contributed by atoms with van der Waals surface area (Å²) >= 11 is 0.602. The number of hydrogen-bond donors (Lipinski definition) is 0. The first-order valence-corrected chi connectivity index (χ1v) is 5.78. The van der Waals surface area contributed by atoms with Crippen LogP contribution in [0.2, 0.25) is 0 Å². The molecule has 0 unspecified atom stereocenters. The van der Waals surface area contributed by atoms with Gasteiger partial charge in [-0.1, -0.05) is 18.2 Å². The van der Waals surface area contributed by atoms with Crippen molar-refractivity contribution in [1.29, 1.82) is 0 Å². The van der Waals surface area contributed by atoms with Crippen LogP contribution in [0.1, 0.15) is 0 Å². The average molecular weight is 318 g/mol. The summed E-state index contributed by atoms with van der Waals surface area (Å²) in [6.07, 6.45) is 0. The fourth-order valence-electron chi connectivity index (χ4n) is 0.733. The Labute approximate surface area is 88.0 Å². The van der Waals surface area contributed by atoms with Crippen LogP contribution in [0.25, 0.3) is 0 Å². The van der Waals surface area contributed by atoms with Crippen molar-refractivity contribution in [2.24, 2.45) is 0 Å². The van der Waals surface area contributed by atoms with Gasteiger partial charge in [-0.15, -0.1) is 0 Å². The second-order valence-electron chi connectivity index (χ2n) is 2.26. The molecule has 1 rings (SSSR count). The minimum atomic E-state index is -4.52. The molecule has 2 nitrogen and oxygen atoms in total. The maximum atomic E-state index is 12.6. The molecular weight excluding hydrogens is 313 g/mol. The van der Waals surface area contributed by atoms with Gasteiger partial charge in [-0.05, 0) is 12.1 Å². The van der Waals surface area contributed by atoms with Crippen LogP contribution in [0.5, 0.6) is 0 Å². The highest BCUT2D eigenvalue weighted by molar-refractivity contribution is 14.1. The quantitative estimate of drug-likeness (QED) is 0.620. The Morgan fingerprint density at radius 3 is 2.00 bits per heavy atom. The highest BCUT2D eigenvalue weighted by Gasteiger charge is 2.42. The van der Waals surface area contributed by atoms with Gasteiger partial charge < -0.3 is 0 Å². The zero-order valence-corrected chi connectivity index (χ0v) is 9.22. The monoisotopic (exact) mass is 318 g/mol. The molecule has 0 aromatic heterocycles. The van der Waals surface area contributed by atoms with Crippen LogP contribution in [0.4, 0.5) is 8.78 Å². The van der Waals surface area contributed by atoms with Crippen LogP contribution in [0.15, 0.2) is 35.2 Å². The van der Waals surface area contributed by atoms with Crippen LogP contribution in [-0.2, 0) is 9.84 Å². The molecule has 0 saturated heterocycles. The van der Waals surface area contributed by atoms with Gasteiger partial charge in [0.1, 0.15) is 0 Å². The molecule has 1 aromatic rings. The topological polar surface area (TPSA) is 34.1 Å². The van der Waals surface area contributed by atoms with Gasteiger partial charge in [-0.3, -0.25) is 0 Å². The van der Waals surface area contributed by atoms with E-state index in [1.165, 1.54) is 12.1 Å². The van der Waals surface area contributed by atoms with Crippen LogP contribution < -0.4 is 0 Å². The SMILES string of the molecule is O=S(=O)(c1ccccc1)C(F)(F)I. The number of alkyl halides is 3. The van der Waals surface area contributed by atoms with E-state index in [0.717, 1.165) is 12.1 Å². The van der Waals surface area contributed by atoms with Crippen molar-refractivity contribution in [3.05, 3.63) is 30.3 Å². The third-order valence-electron chi connectivity index (χ3n) is 1.36. The summed E-state index contributed by atoms with van der Waals surface area (Å²) in [5, 5.41) is 0. The van der Waals surface area contributed by atoms with Gasteiger partial charge in [0.15, 0.2) is 0 Å². The number of hydrogen-bond acceptors (Lipinski definition) is 2. The third-order valence-corrected chi connectivity index (χ3v) is 4.60. The number of benzene rings is 1. The highest BCUT2D eigenvalue weighted by Crippen LogP contribution is 2.34. The van der Waals surface area contributed by atoms with Crippen LogP contribution in [0, 0.1) is 0 Å². The van der Waals surface area contributed by atoms with Crippen molar-refractivity contribution < 1.29 is 17.2 Å². The van der Waals surface area contributed by atoms with Crippen LogP contribution >= 0.6 is 22.6 Å². The maximum absolute atomic E-state index is 12.6. The molecule has 0 saturated carbocycles. The highest BCUT2D eigenvalue weighted by atomic mass is 127. The van der Waals surface area contributed by atoms with Crippen LogP contribution in [0.3, 0.4) is 0 Å². The second kappa shape index (κ2) is 3.49. The fourth-order valence-corrected chi connectivity index (χ4v) is 2.28. The van der Waals surface area contributed by atoms with Crippen molar-refractivity contribution in [3.63, 3.8) is 0 Å². The van der Waals surface area contributed by atoms with E-state index in [2.05, 4.69) is 0 Å². The minimum Gasteiger partial charge on any atom is -0.216 e. The van der Waals surface area contributed by atoms with Gasteiger partial charge in [0.05, 0.1) is 4.90 Å². The summed E-state index contributed by atoms with van der Waals surface area (Å²) in [5.41, 5.74) is 0. The molecule has 13 heavy (non-hydrogen) atoms. The second-order valence-corrected chi connectivity index (χ2v) is 6.34. The lowest BCUT2D eigenvalue weighted by Crippen LogP contribution is -2.21. The van der Waals surface area contributed by atoms with Gasteiger partial charge in [0.25, 0.3) is 9.84 Å². The normalized spacial score (nSPS) is 12.8. The average Bonchev–Trinajstić information content (AvgIpc) is 2.04. The molecule has 0 heterocycles. The first kappa shape index (κ1) is 10.8.